The largest absolute Gasteiger partial charge is 0.449 e. The molecule has 0 saturated heterocycles. The highest BCUT2D eigenvalue weighted by Gasteiger charge is 2.31. The van der Waals surface area contributed by atoms with Gasteiger partial charge in [0, 0.05) is 18.0 Å². The van der Waals surface area contributed by atoms with Crippen molar-refractivity contribution in [1.82, 2.24) is 15.0 Å². The lowest BCUT2D eigenvalue weighted by Gasteiger charge is -2.00. The van der Waals surface area contributed by atoms with Crippen LogP contribution < -0.4 is 0 Å². The molecule has 0 amide bonds. The first kappa shape index (κ1) is 9.32. The number of thioether (sulfide) groups is 1. The molecule has 3 nitrogen and oxygen atoms in total. The summed E-state index contributed by atoms with van der Waals surface area (Å²) in [6, 6.07) is 3.25. The van der Waals surface area contributed by atoms with E-state index in [0.717, 1.165) is 0 Å². The second-order valence-electron chi connectivity index (χ2n) is 2.46. The number of halogens is 3. The second-order valence-corrected chi connectivity index (χ2v) is 3.52. The van der Waals surface area contributed by atoms with E-state index < -0.39 is 5.51 Å². The summed E-state index contributed by atoms with van der Waals surface area (Å²) >= 11 is -0.280. The first-order chi connectivity index (χ1) is 6.54. The summed E-state index contributed by atoms with van der Waals surface area (Å²) in [6.07, 6.45) is 1.48. The molecule has 0 aliphatic heterocycles. The minimum atomic E-state index is -4.33. The highest BCUT2D eigenvalue weighted by atomic mass is 32.2. The number of hydrogen-bond donors (Lipinski definition) is 1. The van der Waals surface area contributed by atoms with Crippen molar-refractivity contribution in [1.29, 1.82) is 0 Å². The van der Waals surface area contributed by atoms with Gasteiger partial charge in [0.2, 0.25) is 0 Å². The Morgan fingerprint density at radius 2 is 2.14 bits per heavy atom. The molecule has 7 heteroatoms. The van der Waals surface area contributed by atoms with Crippen LogP contribution >= 0.6 is 11.8 Å². The van der Waals surface area contributed by atoms with E-state index in [1.54, 1.807) is 12.1 Å². The summed E-state index contributed by atoms with van der Waals surface area (Å²) in [7, 11) is 0. The maximum atomic E-state index is 12.0. The summed E-state index contributed by atoms with van der Waals surface area (Å²) in [4.78, 5) is 10.0. The Hall–Kier alpha value is -1.24. The first-order valence-electron chi connectivity index (χ1n) is 3.61. The molecule has 2 aromatic rings. The Morgan fingerprint density at radius 1 is 1.36 bits per heavy atom. The molecule has 0 saturated carbocycles. The second kappa shape index (κ2) is 3.16. The zero-order valence-corrected chi connectivity index (χ0v) is 7.49. The predicted molar refractivity (Wildman–Crippen MR) is 45.8 cm³/mol. The monoisotopic (exact) mass is 219 g/mol. The third-order valence-electron chi connectivity index (χ3n) is 1.45. The van der Waals surface area contributed by atoms with E-state index in [1.807, 2.05) is 0 Å². The van der Waals surface area contributed by atoms with Gasteiger partial charge in [-0.2, -0.15) is 13.2 Å². The Bertz CT molecular complexity index is 418. The summed E-state index contributed by atoms with van der Waals surface area (Å²) in [5, 5.41) is -0.189. The van der Waals surface area contributed by atoms with Crippen LogP contribution in [0.3, 0.4) is 0 Å². The van der Waals surface area contributed by atoms with Crippen LogP contribution in [0.5, 0.6) is 0 Å². The third-order valence-corrected chi connectivity index (χ3v) is 2.07. The van der Waals surface area contributed by atoms with E-state index >= 15 is 0 Å². The lowest BCUT2D eigenvalue weighted by Crippen LogP contribution is -1.99. The normalized spacial score (nSPS) is 12.2. The van der Waals surface area contributed by atoms with Crippen LogP contribution in [0, 0.1) is 0 Å². The molecule has 0 spiro atoms. The molecule has 0 aliphatic carbocycles. The number of alkyl halides is 3. The zero-order valence-electron chi connectivity index (χ0n) is 6.67. The fourth-order valence-corrected chi connectivity index (χ4v) is 1.49. The van der Waals surface area contributed by atoms with E-state index in [2.05, 4.69) is 15.0 Å². The van der Waals surface area contributed by atoms with Gasteiger partial charge in [-0.3, -0.25) is 0 Å². The number of nitrogens with one attached hydrogen (secondary N) is 1. The molecule has 0 radical (unpaired) electrons. The molecular weight excluding hydrogens is 215 g/mol. The minimum absolute atomic E-state index is 0.189. The molecule has 0 fully saturated rings. The Kier molecular flexibility index (Phi) is 2.10. The number of rotatable bonds is 1. The van der Waals surface area contributed by atoms with Crippen molar-refractivity contribution < 1.29 is 13.2 Å². The number of H-pyrrole nitrogens is 1. The Labute approximate surface area is 80.7 Å². The lowest BCUT2D eigenvalue weighted by atomic mass is 10.4. The van der Waals surface area contributed by atoms with E-state index in [-0.39, 0.29) is 16.9 Å². The van der Waals surface area contributed by atoms with Crippen LogP contribution in [0.2, 0.25) is 0 Å². The zero-order chi connectivity index (χ0) is 10.2. The van der Waals surface area contributed by atoms with E-state index in [9.17, 15) is 13.2 Å². The number of hydrogen-bond acceptors (Lipinski definition) is 3. The highest BCUT2D eigenvalue weighted by Crippen LogP contribution is 2.35. The number of fused-ring (bicyclic) bond motifs is 1. The SMILES string of the molecule is FC(F)(F)Sc1nc2ncccc2[nH]1. The predicted octanol–water partition coefficient (Wildman–Crippen LogP) is 2.57. The molecule has 0 bridgehead atoms. The molecule has 0 aliphatic rings. The summed E-state index contributed by atoms with van der Waals surface area (Å²) < 4.78 is 35.9. The van der Waals surface area contributed by atoms with Crippen molar-refractivity contribution in [3.05, 3.63) is 18.3 Å². The maximum absolute atomic E-state index is 12.0. The lowest BCUT2D eigenvalue weighted by molar-refractivity contribution is -0.0330. The van der Waals surface area contributed by atoms with Gasteiger partial charge in [-0.15, -0.1) is 0 Å². The summed E-state index contributed by atoms with van der Waals surface area (Å²) in [5.74, 6) is 0. The molecule has 1 N–H and O–H groups in total. The molecule has 0 unspecified atom stereocenters. The number of aromatic nitrogens is 3. The van der Waals surface area contributed by atoms with Gasteiger partial charge in [-0.25, -0.2) is 9.97 Å². The van der Waals surface area contributed by atoms with Crippen molar-refractivity contribution in [2.45, 2.75) is 10.7 Å². The van der Waals surface area contributed by atoms with Crippen molar-refractivity contribution in [3.8, 4) is 0 Å². The van der Waals surface area contributed by atoms with Crippen molar-refractivity contribution in [2.24, 2.45) is 0 Å². The third kappa shape index (κ3) is 1.98. The van der Waals surface area contributed by atoms with Crippen LogP contribution in [-0.2, 0) is 0 Å². The fourth-order valence-electron chi connectivity index (χ4n) is 0.981. The van der Waals surface area contributed by atoms with Crippen molar-refractivity contribution >= 4 is 22.9 Å². The average Bonchev–Trinajstić information content (AvgIpc) is 2.42. The first-order valence-corrected chi connectivity index (χ1v) is 4.43. The quantitative estimate of drug-likeness (QED) is 0.749. The van der Waals surface area contributed by atoms with Crippen LogP contribution in [0.1, 0.15) is 0 Å². The number of aromatic amines is 1. The van der Waals surface area contributed by atoms with Gasteiger partial charge in [-0.05, 0) is 12.1 Å². The van der Waals surface area contributed by atoms with Crippen LogP contribution in [0.15, 0.2) is 23.5 Å². The van der Waals surface area contributed by atoms with E-state index in [4.69, 9.17) is 0 Å². The number of imidazole rings is 1. The molecule has 74 valence electrons. The van der Waals surface area contributed by atoms with Crippen LogP contribution in [0.4, 0.5) is 13.2 Å². The molecule has 0 atom stereocenters. The van der Waals surface area contributed by atoms with Crippen molar-refractivity contribution in [3.63, 3.8) is 0 Å². The molecule has 2 rings (SSSR count). The van der Waals surface area contributed by atoms with Gasteiger partial charge in [0.1, 0.15) is 0 Å². The highest BCUT2D eigenvalue weighted by molar-refractivity contribution is 8.00. The van der Waals surface area contributed by atoms with Gasteiger partial charge >= 0.3 is 5.51 Å². The van der Waals surface area contributed by atoms with E-state index in [1.165, 1.54) is 6.20 Å². The Morgan fingerprint density at radius 3 is 2.79 bits per heavy atom. The number of nitrogens with zero attached hydrogens (tertiary/aromatic N) is 2. The maximum Gasteiger partial charge on any atom is 0.449 e. The molecular formula is C7H4F3N3S. The van der Waals surface area contributed by atoms with E-state index in [0.29, 0.717) is 11.2 Å². The number of pyridine rings is 1. The standard InChI is InChI=1S/C7H4F3N3S/c8-7(9,10)14-6-12-4-2-1-3-11-5(4)13-6/h1-3H,(H,11,12,13). The van der Waals surface area contributed by atoms with Crippen molar-refractivity contribution in [2.75, 3.05) is 0 Å². The Balaban J connectivity index is 2.36. The smallest absolute Gasteiger partial charge is 0.331 e. The molecule has 2 aromatic heterocycles. The van der Waals surface area contributed by atoms with Gasteiger partial charge in [0.05, 0.1) is 5.52 Å². The minimum Gasteiger partial charge on any atom is -0.331 e. The van der Waals surface area contributed by atoms with Crippen LogP contribution in [0.25, 0.3) is 11.2 Å². The van der Waals surface area contributed by atoms with Gasteiger partial charge in [-0.1, -0.05) is 0 Å². The van der Waals surface area contributed by atoms with Crippen LogP contribution in [-0.4, -0.2) is 20.5 Å². The van der Waals surface area contributed by atoms with Gasteiger partial charge < -0.3 is 4.98 Å². The van der Waals surface area contributed by atoms with Gasteiger partial charge in [0.25, 0.3) is 0 Å². The summed E-state index contributed by atoms with van der Waals surface area (Å²) in [5.41, 5.74) is -3.54. The average molecular weight is 219 g/mol. The molecule has 2 heterocycles. The summed E-state index contributed by atoms with van der Waals surface area (Å²) in [6.45, 7) is 0. The molecule has 0 aromatic carbocycles. The topological polar surface area (TPSA) is 41.6 Å². The fraction of sp³-hybridized carbons (Fsp3) is 0.143. The van der Waals surface area contributed by atoms with Gasteiger partial charge in [0.15, 0.2) is 10.8 Å². The molecule has 14 heavy (non-hydrogen) atoms.